The Bertz CT molecular complexity index is 976. The maximum absolute atomic E-state index is 12.4. The predicted octanol–water partition coefficient (Wildman–Crippen LogP) is 3.74. The summed E-state index contributed by atoms with van der Waals surface area (Å²) in [5.74, 6) is 0.394. The van der Waals surface area contributed by atoms with Gasteiger partial charge < -0.3 is 15.0 Å². The summed E-state index contributed by atoms with van der Waals surface area (Å²) in [6.07, 6.45) is 1.81. The topological polar surface area (TPSA) is 71.2 Å². The lowest BCUT2D eigenvalue weighted by Crippen LogP contribution is -2.12. The first-order valence-electron chi connectivity index (χ1n) is 8.22. The number of rotatable bonds is 5. The second-order valence-corrected chi connectivity index (χ2v) is 5.86. The number of hydrogen-bond acceptors (Lipinski definition) is 3. The van der Waals surface area contributed by atoms with E-state index in [4.69, 9.17) is 4.74 Å². The van der Waals surface area contributed by atoms with E-state index in [9.17, 15) is 9.59 Å². The van der Waals surface area contributed by atoms with Gasteiger partial charge >= 0.3 is 0 Å². The molecule has 0 aliphatic rings. The van der Waals surface area contributed by atoms with Crippen molar-refractivity contribution in [1.82, 2.24) is 4.98 Å². The molecule has 5 heteroatoms. The van der Waals surface area contributed by atoms with E-state index in [0.29, 0.717) is 17.0 Å². The number of H-pyrrole nitrogens is 1. The lowest BCUT2D eigenvalue weighted by molar-refractivity contribution is 0.102. The number of benzene rings is 2. The van der Waals surface area contributed by atoms with Crippen LogP contribution in [0.3, 0.4) is 0 Å². The number of hydrogen-bond donors (Lipinski definition) is 2. The summed E-state index contributed by atoms with van der Waals surface area (Å²) in [6, 6.07) is 14.1. The summed E-state index contributed by atoms with van der Waals surface area (Å²) >= 11 is 0. The van der Waals surface area contributed by atoms with Gasteiger partial charge in [0.1, 0.15) is 5.75 Å². The lowest BCUT2D eigenvalue weighted by Gasteiger charge is -2.09. The third kappa shape index (κ3) is 3.71. The van der Waals surface area contributed by atoms with Crippen LogP contribution >= 0.6 is 0 Å². The van der Waals surface area contributed by atoms with Crippen molar-refractivity contribution in [2.24, 2.45) is 0 Å². The molecule has 1 aromatic heterocycles. The van der Waals surface area contributed by atoms with E-state index in [1.165, 1.54) is 0 Å². The summed E-state index contributed by atoms with van der Waals surface area (Å²) < 4.78 is 5.14. The van der Waals surface area contributed by atoms with Crippen LogP contribution in [0.4, 0.5) is 5.69 Å². The highest BCUT2D eigenvalue weighted by Gasteiger charge is 2.09. The van der Waals surface area contributed by atoms with Crippen molar-refractivity contribution < 1.29 is 9.53 Å². The smallest absolute Gasteiger partial charge is 0.255 e. The summed E-state index contributed by atoms with van der Waals surface area (Å²) in [5.41, 5.74) is 2.75. The number of fused-ring (bicyclic) bond motifs is 1. The van der Waals surface area contributed by atoms with Crippen LogP contribution in [-0.4, -0.2) is 18.0 Å². The maximum Gasteiger partial charge on any atom is 0.255 e. The molecule has 3 rings (SSSR count). The summed E-state index contributed by atoms with van der Waals surface area (Å²) in [6.45, 7) is 2.08. The highest BCUT2D eigenvalue weighted by Crippen LogP contribution is 2.21. The van der Waals surface area contributed by atoms with Crippen LogP contribution in [0.2, 0.25) is 0 Å². The van der Waals surface area contributed by atoms with Crippen molar-refractivity contribution in [3.63, 3.8) is 0 Å². The Balaban J connectivity index is 1.91. The molecule has 0 spiro atoms. The van der Waals surface area contributed by atoms with Gasteiger partial charge in [-0.1, -0.05) is 25.5 Å². The molecular formula is C20H20N2O3. The quantitative estimate of drug-likeness (QED) is 0.745. The molecule has 0 saturated carbocycles. The highest BCUT2D eigenvalue weighted by molar-refractivity contribution is 6.05. The average molecular weight is 336 g/mol. The summed E-state index contributed by atoms with van der Waals surface area (Å²) in [7, 11) is 1.56. The van der Waals surface area contributed by atoms with Gasteiger partial charge in [-0.15, -0.1) is 0 Å². The molecule has 0 atom stereocenters. The second-order valence-electron chi connectivity index (χ2n) is 5.86. The molecule has 0 fully saturated rings. The zero-order valence-electron chi connectivity index (χ0n) is 14.3. The normalized spacial score (nSPS) is 10.6. The Morgan fingerprint density at radius 1 is 1.16 bits per heavy atom. The van der Waals surface area contributed by atoms with Crippen molar-refractivity contribution >= 4 is 22.5 Å². The molecule has 1 amide bonds. The predicted molar refractivity (Wildman–Crippen MR) is 99.5 cm³/mol. The minimum Gasteiger partial charge on any atom is -0.497 e. The number of aryl methyl sites for hydroxylation is 1. The zero-order valence-corrected chi connectivity index (χ0v) is 14.3. The highest BCUT2D eigenvalue weighted by atomic mass is 16.5. The van der Waals surface area contributed by atoms with Crippen LogP contribution in [0.15, 0.2) is 53.3 Å². The van der Waals surface area contributed by atoms with Gasteiger partial charge in [0.25, 0.3) is 5.91 Å². The molecule has 5 nitrogen and oxygen atoms in total. The van der Waals surface area contributed by atoms with Crippen LogP contribution in [0.25, 0.3) is 10.9 Å². The van der Waals surface area contributed by atoms with Crippen LogP contribution in [0, 0.1) is 0 Å². The standard InChI is InChI=1S/C20H20N2O3/c1-3-5-13-11-19(23)22-18-12-15(8-9-17(13)18)21-20(24)14-6-4-7-16(10-14)25-2/h4,6-12H,3,5H2,1-2H3,(H,21,24)(H,22,23). The van der Waals surface area contributed by atoms with E-state index in [1.807, 2.05) is 12.1 Å². The number of nitrogens with one attached hydrogen (secondary N) is 2. The Morgan fingerprint density at radius 3 is 2.76 bits per heavy atom. The molecular weight excluding hydrogens is 316 g/mol. The number of ether oxygens (including phenoxy) is 1. The molecule has 2 N–H and O–H groups in total. The molecule has 0 aliphatic carbocycles. The molecule has 2 aromatic carbocycles. The van der Waals surface area contributed by atoms with Gasteiger partial charge in [0, 0.05) is 22.7 Å². The first-order chi connectivity index (χ1) is 12.1. The lowest BCUT2D eigenvalue weighted by atomic mass is 10.0. The van der Waals surface area contributed by atoms with E-state index in [1.54, 1.807) is 43.5 Å². The van der Waals surface area contributed by atoms with Crippen molar-refractivity contribution in [3.8, 4) is 5.75 Å². The molecule has 1 heterocycles. The van der Waals surface area contributed by atoms with E-state index in [2.05, 4.69) is 17.2 Å². The Kier molecular flexibility index (Phi) is 4.84. The van der Waals surface area contributed by atoms with Crippen molar-refractivity contribution in [2.45, 2.75) is 19.8 Å². The molecule has 0 radical (unpaired) electrons. The molecule has 128 valence electrons. The SMILES string of the molecule is CCCc1cc(=O)[nH]c2cc(NC(=O)c3cccc(OC)c3)ccc12. The van der Waals surface area contributed by atoms with Gasteiger partial charge in [-0.2, -0.15) is 0 Å². The fourth-order valence-corrected chi connectivity index (χ4v) is 2.85. The van der Waals surface area contributed by atoms with E-state index < -0.39 is 0 Å². The van der Waals surface area contributed by atoms with Gasteiger partial charge in [0.2, 0.25) is 5.56 Å². The third-order valence-electron chi connectivity index (χ3n) is 4.04. The first kappa shape index (κ1) is 16.8. The van der Waals surface area contributed by atoms with E-state index >= 15 is 0 Å². The summed E-state index contributed by atoms with van der Waals surface area (Å²) in [4.78, 5) is 27.1. The monoisotopic (exact) mass is 336 g/mol. The molecule has 3 aromatic rings. The van der Waals surface area contributed by atoms with Gasteiger partial charge in [-0.05, 0) is 42.3 Å². The molecule has 0 unspecified atom stereocenters. The van der Waals surface area contributed by atoms with Gasteiger partial charge in [0.05, 0.1) is 12.6 Å². The van der Waals surface area contributed by atoms with Gasteiger partial charge in [0.15, 0.2) is 0 Å². The third-order valence-corrected chi connectivity index (χ3v) is 4.04. The van der Waals surface area contributed by atoms with Crippen molar-refractivity contribution in [1.29, 1.82) is 0 Å². The van der Waals surface area contributed by atoms with E-state index in [0.717, 1.165) is 29.3 Å². The number of anilines is 1. The van der Waals surface area contributed by atoms with Crippen LogP contribution in [-0.2, 0) is 6.42 Å². The Morgan fingerprint density at radius 2 is 2.00 bits per heavy atom. The number of amides is 1. The van der Waals surface area contributed by atoms with Gasteiger partial charge in [-0.3, -0.25) is 9.59 Å². The number of carbonyl (C=O) groups excluding carboxylic acids is 1. The fourth-order valence-electron chi connectivity index (χ4n) is 2.85. The minimum absolute atomic E-state index is 0.132. The average Bonchev–Trinajstić information content (AvgIpc) is 2.61. The maximum atomic E-state index is 12.4. The minimum atomic E-state index is -0.231. The summed E-state index contributed by atoms with van der Waals surface area (Å²) in [5, 5.41) is 3.86. The Hall–Kier alpha value is -3.08. The zero-order chi connectivity index (χ0) is 17.8. The number of aromatic amines is 1. The fraction of sp³-hybridized carbons (Fsp3) is 0.200. The number of aromatic nitrogens is 1. The number of carbonyl (C=O) groups is 1. The molecule has 0 aliphatic heterocycles. The number of pyridine rings is 1. The number of methoxy groups -OCH3 is 1. The van der Waals surface area contributed by atoms with Crippen molar-refractivity contribution in [2.75, 3.05) is 12.4 Å². The first-order valence-corrected chi connectivity index (χ1v) is 8.22. The Labute approximate surface area is 145 Å². The van der Waals surface area contributed by atoms with Gasteiger partial charge in [-0.25, -0.2) is 0 Å². The molecule has 0 saturated heterocycles. The second kappa shape index (κ2) is 7.21. The largest absolute Gasteiger partial charge is 0.497 e. The molecule has 25 heavy (non-hydrogen) atoms. The van der Waals surface area contributed by atoms with Crippen LogP contribution in [0.1, 0.15) is 29.3 Å². The molecule has 0 bridgehead atoms. The van der Waals surface area contributed by atoms with E-state index in [-0.39, 0.29) is 11.5 Å². The van der Waals surface area contributed by atoms with Crippen molar-refractivity contribution in [3.05, 3.63) is 70.0 Å². The van der Waals surface area contributed by atoms with Crippen LogP contribution in [0.5, 0.6) is 5.75 Å². The van der Waals surface area contributed by atoms with Crippen LogP contribution < -0.4 is 15.6 Å².